The fourth-order valence-electron chi connectivity index (χ4n) is 4.40. The molecule has 0 amide bonds. The fourth-order valence-corrected chi connectivity index (χ4v) is 5.10. The molecule has 0 aliphatic rings. The van der Waals surface area contributed by atoms with E-state index in [1.165, 1.54) is 14.7 Å². The Hall–Kier alpha value is -4.10. The van der Waals surface area contributed by atoms with Crippen molar-refractivity contribution in [2.75, 3.05) is 0 Å². The number of rotatable bonds is 5. The van der Waals surface area contributed by atoms with E-state index in [4.69, 9.17) is 15.0 Å². The van der Waals surface area contributed by atoms with Gasteiger partial charge in [-0.2, -0.15) is 0 Å². The molecule has 0 saturated heterocycles. The van der Waals surface area contributed by atoms with Crippen LogP contribution in [0.1, 0.15) is 0 Å². The number of hydrogen-bond donors (Lipinski definition) is 0. The van der Waals surface area contributed by atoms with Gasteiger partial charge in [0.15, 0.2) is 0 Å². The van der Waals surface area contributed by atoms with Gasteiger partial charge in [0.1, 0.15) is 0 Å². The first-order valence-electron chi connectivity index (χ1n) is 12.1. The van der Waals surface area contributed by atoms with Crippen molar-refractivity contribution in [3.8, 4) is 56.4 Å². The summed E-state index contributed by atoms with van der Waals surface area (Å²) < 4.78 is 1.22. The summed E-state index contributed by atoms with van der Waals surface area (Å²) in [5, 5.41) is 0. The van der Waals surface area contributed by atoms with E-state index in [1.807, 2.05) is 48.5 Å². The molecule has 0 atom stereocenters. The third-order valence-electron chi connectivity index (χ3n) is 6.24. The quantitative estimate of drug-likeness (QED) is 0.204. The number of benzene rings is 5. The Balaban J connectivity index is 1.56. The summed E-state index contributed by atoms with van der Waals surface area (Å²) in [5.74, 6) is 1.97. The minimum absolute atomic E-state index is 0.657. The molecule has 3 nitrogen and oxygen atoms in total. The predicted molar refractivity (Wildman–Crippen MR) is 152 cm³/mol. The Labute approximate surface area is 229 Å². The molecular weight excluding hydrogens is 566 g/mol. The molecule has 1 radical (unpaired) electrons. The number of hydrogen-bond acceptors (Lipinski definition) is 3. The molecule has 6 aromatic rings. The SMILES string of the molecule is [Te]c1ccc(-c2nc(-c3ccccc3)nc(-c3ccccc3-c3ccccc3)n2)cc1-c1ccccc1. The second kappa shape index (κ2) is 10.5. The molecule has 1 aromatic heterocycles. The van der Waals surface area contributed by atoms with Gasteiger partial charge in [-0.1, -0.05) is 6.07 Å². The average Bonchev–Trinajstić information content (AvgIpc) is 2.98. The first-order chi connectivity index (χ1) is 18.3. The summed E-state index contributed by atoms with van der Waals surface area (Å²) in [6.07, 6.45) is 0. The van der Waals surface area contributed by atoms with Crippen LogP contribution < -0.4 is 3.61 Å². The van der Waals surface area contributed by atoms with Gasteiger partial charge in [-0.05, 0) is 0 Å². The Morgan fingerprint density at radius 1 is 0.351 bits per heavy atom. The van der Waals surface area contributed by atoms with E-state index in [1.54, 1.807) is 0 Å². The van der Waals surface area contributed by atoms with Crippen LogP contribution >= 0.6 is 0 Å². The van der Waals surface area contributed by atoms with Crippen LogP contribution in [0.15, 0.2) is 133 Å². The van der Waals surface area contributed by atoms with Gasteiger partial charge in [-0.15, -0.1) is 0 Å². The minimum atomic E-state index is 0.657. The summed E-state index contributed by atoms with van der Waals surface area (Å²) in [4.78, 5) is 14.9. The van der Waals surface area contributed by atoms with E-state index >= 15 is 0 Å². The molecule has 5 aromatic carbocycles. The van der Waals surface area contributed by atoms with Crippen LogP contribution in [-0.2, 0) is 0 Å². The van der Waals surface area contributed by atoms with Crippen molar-refractivity contribution in [1.82, 2.24) is 15.0 Å². The second-order valence-electron chi connectivity index (χ2n) is 8.66. The molecule has 0 aliphatic heterocycles. The molecule has 4 heteroatoms. The van der Waals surface area contributed by atoms with Gasteiger partial charge >= 0.3 is 225 Å². The van der Waals surface area contributed by atoms with Crippen molar-refractivity contribution in [3.05, 3.63) is 133 Å². The Bertz CT molecular complexity index is 1670. The van der Waals surface area contributed by atoms with Crippen molar-refractivity contribution in [2.45, 2.75) is 0 Å². The van der Waals surface area contributed by atoms with Crippen molar-refractivity contribution >= 4 is 25.9 Å². The van der Waals surface area contributed by atoms with Crippen LogP contribution in [0, 0.1) is 0 Å². The topological polar surface area (TPSA) is 38.7 Å². The van der Waals surface area contributed by atoms with Crippen molar-refractivity contribution in [3.63, 3.8) is 0 Å². The van der Waals surface area contributed by atoms with E-state index in [0.29, 0.717) is 17.5 Å². The standard InChI is InChI=1S/C33H22N3Te/c37-30-21-20-26(22-29(30)24-14-6-2-7-15-24)32-34-31(25-16-8-3-9-17-25)35-33(36-32)28-19-11-10-18-27(28)23-12-4-1-5-13-23/h1-22H. The molecule has 0 fully saturated rings. The zero-order chi connectivity index (χ0) is 25.0. The van der Waals surface area contributed by atoms with Gasteiger partial charge < -0.3 is 0 Å². The van der Waals surface area contributed by atoms with Crippen molar-refractivity contribution in [1.29, 1.82) is 0 Å². The molecule has 0 bridgehead atoms. The van der Waals surface area contributed by atoms with Gasteiger partial charge in [0, 0.05) is 0 Å². The van der Waals surface area contributed by atoms with Gasteiger partial charge in [0.2, 0.25) is 0 Å². The molecule has 0 unspecified atom stereocenters. The molecule has 0 spiro atoms. The van der Waals surface area contributed by atoms with Crippen LogP contribution in [0.4, 0.5) is 0 Å². The average molecular weight is 588 g/mol. The van der Waals surface area contributed by atoms with Crippen LogP contribution in [0.2, 0.25) is 0 Å². The molecule has 175 valence electrons. The first kappa shape index (κ1) is 23.3. The second-order valence-corrected chi connectivity index (χ2v) is 9.92. The predicted octanol–water partition coefficient (Wildman–Crippen LogP) is 7.00. The summed E-state index contributed by atoms with van der Waals surface area (Å²) in [6.45, 7) is 0. The van der Waals surface area contributed by atoms with E-state index in [0.717, 1.165) is 27.8 Å². The normalized spacial score (nSPS) is 10.8. The van der Waals surface area contributed by atoms with Crippen LogP contribution in [0.3, 0.4) is 0 Å². The van der Waals surface area contributed by atoms with Gasteiger partial charge in [0.05, 0.1) is 0 Å². The maximum absolute atomic E-state index is 5.03. The van der Waals surface area contributed by atoms with Gasteiger partial charge in [-0.25, -0.2) is 0 Å². The van der Waals surface area contributed by atoms with Crippen LogP contribution in [0.25, 0.3) is 56.4 Å². The molecule has 0 saturated carbocycles. The molecule has 6 rings (SSSR count). The third kappa shape index (κ3) is 4.95. The summed E-state index contributed by atoms with van der Waals surface area (Å²) in [6, 6.07) is 45.6. The Morgan fingerprint density at radius 3 is 1.43 bits per heavy atom. The van der Waals surface area contributed by atoms with E-state index in [-0.39, 0.29) is 0 Å². The zero-order valence-corrected chi connectivity index (χ0v) is 22.3. The fraction of sp³-hybridized carbons (Fsp3) is 0. The van der Waals surface area contributed by atoms with Crippen molar-refractivity contribution in [2.24, 2.45) is 0 Å². The first-order valence-corrected chi connectivity index (χ1v) is 13.3. The summed E-state index contributed by atoms with van der Waals surface area (Å²) in [5.41, 5.74) is 7.47. The monoisotopic (exact) mass is 590 g/mol. The van der Waals surface area contributed by atoms with Crippen LogP contribution in [-0.4, -0.2) is 37.2 Å². The van der Waals surface area contributed by atoms with E-state index in [2.05, 4.69) is 107 Å². The van der Waals surface area contributed by atoms with Gasteiger partial charge in [-0.3, -0.25) is 0 Å². The molecule has 1 heterocycles. The third-order valence-corrected chi connectivity index (χ3v) is 7.26. The molecule has 0 aliphatic carbocycles. The maximum atomic E-state index is 5.03. The molecule has 0 N–H and O–H groups in total. The number of nitrogens with zero attached hydrogens (tertiary/aromatic N) is 3. The zero-order valence-electron chi connectivity index (χ0n) is 20.0. The van der Waals surface area contributed by atoms with Crippen molar-refractivity contribution < 1.29 is 0 Å². The van der Waals surface area contributed by atoms with E-state index < -0.39 is 0 Å². The summed E-state index contributed by atoms with van der Waals surface area (Å²) in [7, 11) is 0. The van der Waals surface area contributed by atoms with E-state index in [9.17, 15) is 0 Å². The molecular formula is C33H22N3Te. The summed E-state index contributed by atoms with van der Waals surface area (Å²) >= 11 is 2.05. The molecule has 37 heavy (non-hydrogen) atoms. The van der Waals surface area contributed by atoms with Gasteiger partial charge in [0.25, 0.3) is 0 Å². The Kier molecular flexibility index (Phi) is 6.60. The Morgan fingerprint density at radius 2 is 0.811 bits per heavy atom. The van der Waals surface area contributed by atoms with Crippen LogP contribution in [0.5, 0.6) is 0 Å². The number of aromatic nitrogens is 3.